The van der Waals surface area contributed by atoms with Crippen LogP contribution in [0.4, 0.5) is 0 Å². The van der Waals surface area contributed by atoms with Crippen molar-refractivity contribution in [2.75, 3.05) is 0 Å². The largest absolute Gasteiger partial charge is 0.370 e. The standard InChI is InChI=1S/C13H19N3O2/c14-12(17)6-2-1-3-7-13(18)16-10-11-5-4-8-15-9-11/h4-5,8-9H,1-3,6-7,10H2,(H2,14,17)(H,16,18). The number of amides is 2. The fourth-order valence-electron chi connectivity index (χ4n) is 1.55. The van der Waals surface area contributed by atoms with Crippen LogP contribution < -0.4 is 11.1 Å². The minimum atomic E-state index is -0.281. The number of pyridine rings is 1. The lowest BCUT2D eigenvalue weighted by atomic mass is 10.1. The van der Waals surface area contributed by atoms with Gasteiger partial charge in [0.05, 0.1) is 0 Å². The van der Waals surface area contributed by atoms with Crippen molar-refractivity contribution in [3.8, 4) is 0 Å². The summed E-state index contributed by atoms with van der Waals surface area (Å²) in [5, 5.41) is 2.83. The summed E-state index contributed by atoms with van der Waals surface area (Å²) < 4.78 is 0. The average molecular weight is 249 g/mol. The minimum absolute atomic E-state index is 0.0259. The predicted octanol–water partition coefficient (Wildman–Crippen LogP) is 1.13. The molecule has 18 heavy (non-hydrogen) atoms. The second kappa shape index (κ2) is 8.22. The molecule has 0 aromatic carbocycles. The molecule has 5 nitrogen and oxygen atoms in total. The first-order valence-corrected chi connectivity index (χ1v) is 6.12. The lowest BCUT2D eigenvalue weighted by Gasteiger charge is -2.04. The SMILES string of the molecule is NC(=O)CCCCCC(=O)NCc1cccnc1. The predicted molar refractivity (Wildman–Crippen MR) is 68.4 cm³/mol. The summed E-state index contributed by atoms with van der Waals surface area (Å²) in [7, 11) is 0. The first-order chi connectivity index (χ1) is 8.68. The van der Waals surface area contributed by atoms with E-state index in [1.165, 1.54) is 0 Å². The summed E-state index contributed by atoms with van der Waals surface area (Å²) in [5.74, 6) is -0.256. The molecule has 0 atom stereocenters. The molecule has 0 fully saturated rings. The Hall–Kier alpha value is -1.91. The van der Waals surface area contributed by atoms with Crippen LogP contribution in [0.3, 0.4) is 0 Å². The van der Waals surface area contributed by atoms with E-state index in [0.717, 1.165) is 24.8 Å². The van der Waals surface area contributed by atoms with Crippen LogP contribution in [0.25, 0.3) is 0 Å². The van der Waals surface area contributed by atoms with Gasteiger partial charge in [-0.05, 0) is 24.5 Å². The fourth-order valence-corrected chi connectivity index (χ4v) is 1.55. The molecule has 0 unspecified atom stereocenters. The molecule has 0 bridgehead atoms. The van der Waals surface area contributed by atoms with Crippen LogP contribution in [0.2, 0.25) is 0 Å². The molecule has 2 amide bonds. The third-order valence-corrected chi connectivity index (χ3v) is 2.54. The van der Waals surface area contributed by atoms with Gasteiger partial charge in [0.1, 0.15) is 0 Å². The van der Waals surface area contributed by atoms with Gasteiger partial charge in [0, 0.05) is 31.8 Å². The maximum atomic E-state index is 11.5. The Kier molecular flexibility index (Phi) is 6.46. The smallest absolute Gasteiger partial charge is 0.220 e. The number of nitrogens with two attached hydrogens (primary N) is 1. The number of nitrogens with one attached hydrogen (secondary N) is 1. The Morgan fingerprint density at radius 3 is 2.67 bits per heavy atom. The van der Waals surface area contributed by atoms with Crippen LogP contribution in [-0.2, 0) is 16.1 Å². The van der Waals surface area contributed by atoms with E-state index in [0.29, 0.717) is 19.4 Å². The molecular formula is C13H19N3O2. The molecule has 1 heterocycles. The van der Waals surface area contributed by atoms with Crippen molar-refractivity contribution in [3.05, 3.63) is 30.1 Å². The van der Waals surface area contributed by atoms with Crippen molar-refractivity contribution in [2.45, 2.75) is 38.6 Å². The number of hydrogen-bond acceptors (Lipinski definition) is 3. The molecule has 1 rings (SSSR count). The van der Waals surface area contributed by atoms with Crippen LogP contribution in [0.15, 0.2) is 24.5 Å². The third kappa shape index (κ3) is 6.62. The van der Waals surface area contributed by atoms with Crippen LogP contribution in [0.1, 0.15) is 37.7 Å². The van der Waals surface area contributed by atoms with Crippen LogP contribution in [-0.4, -0.2) is 16.8 Å². The zero-order valence-corrected chi connectivity index (χ0v) is 10.4. The van der Waals surface area contributed by atoms with E-state index in [4.69, 9.17) is 5.73 Å². The highest BCUT2D eigenvalue weighted by molar-refractivity contribution is 5.75. The second-order valence-electron chi connectivity index (χ2n) is 4.16. The zero-order valence-electron chi connectivity index (χ0n) is 10.4. The van der Waals surface area contributed by atoms with Gasteiger partial charge in [-0.1, -0.05) is 12.5 Å². The van der Waals surface area contributed by atoms with Gasteiger partial charge >= 0.3 is 0 Å². The van der Waals surface area contributed by atoms with Crippen molar-refractivity contribution in [1.29, 1.82) is 0 Å². The molecule has 0 spiro atoms. The molecule has 1 aromatic rings. The molecule has 98 valence electrons. The van der Waals surface area contributed by atoms with E-state index in [-0.39, 0.29) is 11.8 Å². The summed E-state index contributed by atoms with van der Waals surface area (Å²) in [6.45, 7) is 0.508. The minimum Gasteiger partial charge on any atom is -0.370 e. The first-order valence-electron chi connectivity index (χ1n) is 6.12. The lowest BCUT2D eigenvalue weighted by molar-refractivity contribution is -0.121. The van der Waals surface area contributed by atoms with Crippen LogP contribution in [0, 0.1) is 0 Å². The molecule has 0 radical (unpaired) electrons. The molecule has 0 saturated heterocycles. The maximum Gasteiger partial charge on any atom is 0.220 e. The van der Waals surface area contributed by atoms with Crippen LogP contribution in [0.5, 0.6) is 0 Å². The number of unbranched alkanes of at least 4 members (excludes halogenated alkanes) is 2. The monoisotopic (exact) mass is 249 g/mol. The molecule has 0 aliphatic carbocycles. The van der Waals surface area contributed by atoms with Crippen molar-refractivity contribution in [2.24, 2.45) is 5.73 Å². The van der Waals surface area contributed by atoms with E-state index in [1.807, 2.05) is 12.1 Å². The summed E-state index contributed by atoms with van der Waals surface area (Å²) in [5.41, 5.74) is 6.01. The zero-order chi connectivity index (χ0) is 13.2. The Balaban J connectivity index is 2.06. The van der Waals surface area contributed by atoms with Gasteiger partial charge in [-0.3, -0.25) is 14.6 Å². The molecule has 0 saturated carbocycles. The summed E-state index contributed by atoms with van der Waals surface area (Å²) in [6.07, 6.45) is 6.70. The number of primary amides is 1. The quantitative estimate of drug-likeness (QED) is 0.677. The molecule has 1 aromatic heterocycles. The van der Waals surface area contributed by atoms with E-state index >= 15 is 0 Å². The Morgan fingerprint density at radius 2 is 2.00 bits per heavy atom. The number of rotatable bonds is 8. The number of aromatic nitrogens is 1. The summed E-state index contributed by atoms with van der Waals surface area (Å²) in [4.78, 5) is 26.0. The average Bonchev–Trinajstić information content (AvgIpc) is 2.37. The van der Waals surface area contributed by atoms with Gasteiger partial charge in [-0.2, -0.15) is 0 Å². The van der Waals surface area contributed by atoms with Gasteiger partial charge in [-0.15, -0.1) is 0 Å². The van der Waals surface area contributed by atoms with E-state index in [9.17, 15) is 9.59 Å². The Morgan fingerprint density at radius 1 is 1.22 bits per heavy atom. The maximum absolute atomic E-state index is 11.5. The normalized spacial score (nSPS) is 10.0. The molecule has 5 heteroatoms. The fraction of sp³-hybridized carbons (Fsp3) is 0.462. The van der Waals surface area contributed by atoms with Crippen molar-refractivity contribution in [1.82, 2.24) is 10.3 Å². The second-order valence-corrected chi connectivity index (χ2v) is 4.16. The molecule has 0 aliphatic heterocycles. The Bertz CT molecular complexity index is 379. The van der Waals surface area contributed by atoms with Crippen molar-refractivity contribution < 1.29 is 9.59 Å². The summed E-state index contributed by atoms with van der Waals surface area (Å²) in [6, 6.07) is 3.76. The number of hydrogen-bond donors (Lipinski definition) is 2. The highest BCUT2D eigenvalue weighted by atomic mass is 16.1. The number of nitrogens with zero attached hydrogens (tertiary/aromatic N) is 1. The van der Waals surface area contributed by atoms with Gasteiger partial charge < -0.3 is 11.1 Å². The van der Waals surface area contributed by atoms with Crippen molar-refractivity contribution >= 4 is 11.8 Å². The highest BCUT2D eigenvalue weighted by Crippen LogP contribution is 2.03. The lowest BCUT2D eigenvalue weighted by Crippen LogP contribution is -2.22. The molecule has 0 aliphatic rings. The van der Waals surface area contributed by atoms with Gasteiger partial charge in [0.25, 0.3) is 0 Å². The topological polar surface area (TPSA) is 85.1 Å². The van der Waals surface area contributed by atoms with E-state index in [1.54, 1.807) is 12.4 Å². The Labute approximate surface area is 107 Å². The summed E-state index contributed by atoms with van der Waals surface area (Å²) >= 11 is 0. The van der Waals surface area contributed by atoms with Crippen LogP contribution >= 0.6 is 0 Å². The van der Waals surface area contributed by atoms with Gasteiger partial charge in [0.15, 0.2) is 0 Å². The van der Waals surface area contributed by atoms with E-state index < -0.39 is 0 Å². The third-order valence-electron chi connectivity index (χ3n) is 2.54. The van der Waals surface area contributed by atoms with E-state index in [2.05, 4.69) is 10.3 Å². The first kappa shape index (κ1) is 14.2. The van der Waals surface area contributed by atoms with Gasteiger partial charge in [0.2, 0.25) is 11.8 Å². The van der Waals surface area contributed by atoms with Crippen molar-refractivity contribution in [3.63, 3.8) is 0 Å². The molecule has 3 N–H and O–H groups in total. The highest BCUT2D eigenvalue weighted by Gasteiger charge is 2.01. The number of carbonyl (C=O) groups excluding carboxylic acids is 2. The molecular weight excluding hydrogens is 230 g/mol. The number of carbonyl (C=O) groups is 2. The van der Waals surface area contributed by atoms with Gasteiger partial charge in [-0.25, -0.2) is 0 Å².